The second-order valence-electron chi connectivity index (χ2n) is 8.99. The number of nitrogens with two attached hydrogens (primary N) is 1. The molecule has 2 amide bonds. The van der Waals surface area contributed by atoms with Crippen LogP contribution < -0.4 is 16.0 Å². The molecule has 0 atom stereocenters. The zero-order chi connectivity index (χ0) is 24.4. The van der Waals surface area contributed by atoms with Crippen LogP contribution >= 0.6 is 22.9 Å². The Morgan fingerprint density at radius 1 is 1.29 bits per heavy atom. The molecule has 3 aromatic rings. The number of benzene rings is 1. The van der Waals surface area contributed by atoms with E-state index in [1.165, 1.54) is 11.3 Å². The smallest absolute Gasteiger partial charge is 0.263 e. The van der Waals surface area contributed by atoms with E-state index in [0.717, 1.165) is 47.8 Å². The van der Waals surface area contributed by atoms with Crippen molar-refractivity contribution in [1.82, 2.24) is 15.2 Å². The van der Waals surface area contributed by atoms with E-state index in [-0.39, 0.29) is 11.8 Å². The molecule has 0 unspecified atom stereocenters. The molecule has 0 radical (unpaired) electrons. The highest BCUT2D eigenvalue weighted by atomic mass is 35.5. The van der Waals surface area contributed by atoms with Crippen molar-refractivity contribution in [3.8, 4) is 0 Å². The Balaban J connectivity index is 1.54. The number of hydrogen-bond acceptors (Lipinski definition) is 6. The number of carbonyl (C=O) groups excluding carboxylic acids is 2. The Morgan fingerprint density at radius 2 is 2.03 bits per heavy atom. The third-order valence-electron chi connectivity index (χ3n) is 6.50. The van der Waals surface area contributed by atoms with Gasteiger partial charge in [0.05, 0.1) is 10.0 Å². The summed E-state index contributed by atoms with van der Waals surface area (Å²) in [4.78, 5) is 34.6. The number of nitrogens with one attached hydrogen (secondary N) is 1. The Morgan fingerprint density at radius 3 is 2.74 bits per heavy atom. The Bertz CT molecular complexity index is 1220. The van der Waals surface area contributed by atoms with Gasteiger partial charge < -0.3 is 20.9 Å². The van der Waals surface area contributed by atoms with Crippen LogP contribution in [-0.2, 0) is 11.3 Å². The summed E-state index contributed by atoms with van der Waals surface area (Å²) in [7, 11) is 2.12. The maximum atomic E-state index is 13.3. The van der Waals surface area contributed by atoms with Gasteiger partial charge in [0.1, 0.15) is 10.7 Å². The fraction of sp³-hybridized carbons (Fsp3) is 0.400. The number of rotatable bonds is 6. The van der Waals surface area contributed by atoms with Crippen molar-refractivity contribution in [2.75, 3.05) is 37.3 Å². The molecule has 4 rings (SSSR count). The third-order valence-corrected chi connectivity index (χ3v) is 8.09. The van der Waals surface area contributed by atoms with Crippen LogP contribution in [0.3, 0.4) is 0 Å². The summed E-state index contributed by atoms with van der Waals surface area (Å²) in [5, 5.41) is 4.85. The van der Waals surface area contributed by atoms with Gasteiger partial charge in [0.2, 0.25) is 5.91 Å². The van der Waals surface area contributed by atoms with Gasteiger partial charge in [-0.15, -0.1) is 11.3 Å². The Labute approximate surface area is 208 Å². The third kappa shape index (κ3) is 5.19. The molecule has 2 aromatic heterocycles. The molecule has 3 N–H and O–H groups in total. The van der Waals surface area contributed by atoms with Crippen molar-refractivity contribution < 1.29 is 9.59 Å². The van der Waals surface area contributed by atoms with E-state index in [1.807, 2.05) is 31.2 Å². The summed E-state index contributed by atoms with van der Waals surface area (Å²) in [5.74, 6) is 0.564. The van der Waals surface area contributed by atoms with Crippen LogP contribution in [0, 0.1) is 12.8 Å². The molecule has 1 aromatic carbocycles. The van der Waals surface area contributed by atoms with Crippen molar-refractivity contribution >= 4 is 57.0 Å². The molecule has 1 aliphatic heterocycles. The summed E-state index contributed by atoms with van der Waals surface area (Å²) < 4.78 is 0.531. The van der Waals surface area contributed by atoms with Gasteiger partial charge in [-0.2, -0.15) is 0 Å². The number of nitrogen functional groups attached to an aromatic ring is 1. The van der Waals surface area contributed by atoms with Crippen molar-refractivity contribution in [3.63, 3.8) is 0 Å². The predicted molar refractivity (Wildman–Crippen MR) is 140 cm³/mol. The first kappa shape index (κ1) is 24.4. The number of likely N-dealkylation sites (tertiary alicyclic amines) is 1. The van der Waals surface area contributed by atoms with Crippen molar-refractivity contribution in [1.29, 1.82) is 0 Å². The summed E-state index contributed by atoms with van der Waals surface area (Å²) >= 11 is 7.69. The molecule has 34 heavy (non-hydrogen) atoms. The van der Waals surface area contributed by atoms with E-state index in [4.69, 9.17) is 17.3 Å². The van der Waals surface area contributed by atoms with Gasteiger partial charge in [-0.05, 0) is 68.9 Å². The summed E-state index contributed by atoms with van der Waals surface area (Å²) in [5.41, 5.74) is 8.29. The topological polar surface area (TPSA) is 91.6 Å². The minimum Gasteiger partial charge on any atom is -0.383 e. The molecule has 9 heteroatoms. The lowest BCUT2D eigenvalue weighted by Gasteiger charge is -2.33. The molecule has 1 fully saturated rings. The van der Waals surface area contributed by atoms with Gasteiger partial charge >= 0.3 is 0 Å². The molecule has 1 aliphatic rings. The van der Waals surface area contributed by atoms with Crippen LogP contribution in [0.1, 0.15) is 40.6 Å². The Kier molecular flexibility index (Phi) is 7.40. The van der Waals surface area contributed by atoms with Crippen molar-refractivity contribution in [2.45, 2.75) is 33.2 Å². The standard InChI is InChI=1S/C25H30ClN5O2S/c1-15-21(31(16(2)32)14-17-7-10-30(3)11-8-17)22(34-23(15)26)25(33)29-13-18-4-5-20-19(12-18)6-9-28-24(20)27/h4-6,9,12,17H,7-8,10-11,13-14H2,1-3H3,(H2,27,28)(H,29,33). The molecule has 0 saturated carbocycles. The number of halogens is 1. The first-order valence-corrected chi connectivity index (χ1v) is 12.6. The minimum atomic E-state index is -0.237. The molecule has 0 bridgehead atoms. The quantitative estimate of drug-likeness (QED) is 0.522. The summed E-state index contributed by atoms with van der Waals surface area (Å²) in [6, 6.07) is 7.72. The van der Waals surface area contributed by atoms with E-state index < -0.39 is 0 Å². The van der Waals surface area contributed by atoms with E-state index >= 15 is 0 Å². The van der Waals surface area contributed by atoms with Crippen LogP contribution in [0.25, 0.3) is 10.8 Å². The van der Waals surface area contributed by atoms with Crippen LogP contribution in [0.5, 0.6) is 0 Å². The van der Waals surface area contributed by atoms with E-state index in [9.17, 15) is 9.59 Å². The first-order valence-electron chi connectivity index (χ1n) is 11.4. The second kappa shape index (κ2) is 10.3. The second-order valence-corrected chi connectivity index (χ2v) is 10.6. The lowest BCUT2D eigenvalue weighted by molar-refractivity contribution is -0.116. The van der Waals surface area contributed by atoms with Gasteiger partial charge in [0, 0.05) is 37.2 Å². The highest BCUT2D eigenvalue weighted by molar-refractivity contribution is 7.18. The molecule has 0 aliphatic carbocycles. The van der Waals surface area contributed by atoms with Gasteiger partial charge in [-0.1, -0.05) is 23.7 Å². The lowest BCUT2D eigenvalue weighted by Crippen LogP contribution is -2.40. The molecule has 0 spiro atoms. The fourth-order valence-corrected chi connectivity index (χ4v) is 5.74. The lowest BCUT2D eigenvalue weighted by atomic mass is 9.96. The van der Waals surface area contributed by atoms with Gasteiger partial charge in [0.15, 0.2) is 0 Å². The number of fused-ring (bicyclic) bond motifs is 1. The summed E-state index contributed by atoms with van der Waals surface area (Å²) in [6.45, 7) is 6.40. The summed E-state index contributed by atoms with van der Waals surface area (Å²) in [6.07, 6.45) is 3.73. The molecule has 180 valence electrons. The highest BCUT2D eigenvalue weighted by Gasteiger charge is 2.29. The van der Waals surface area contributed by atoms with Crippen LogP contribution in [0.15, 0.2) is 30.5 Å². The van der Waals surface area contributed by atoms with E-state index in [2.05, 4.69) is 22.2 Å². The number of anilines is 2. The van der Waals surface area contributed by atoms with Gasteiger partial charge in [-0.25, -0.2) is 4.98 Å². The number of nitrogens with zero attached hydrogens (tertiary/aromatic N) is 3. The zero-order valence-electron chi connectivity index (χ0n) is 19.7. The van der Waals surface area contributed by atoms with E-state index in [1.54, 1.807) is 18.0 Å². The van der Waals surface area contributed by atoms with Crippen LogP contribution in [0.4, 0.5) is 11.5 Å². The largest absolute Gasteiger partial charge is 0.383 e. The van der Waals surface area contributed by atoms with Crippen LogP contribution in [-0.4, -0.2) is 48.4 Å². The monoisotopic (exact) mass is 499 g/mol. The maximum Gasteiger partial charge on any atom is 0.263 e. The first-order chi connectivity index (χ1) is 16.2. The van der Waals surface area contributed by atoms with Crippen LogP contribution in [0.2, 0.25) is 4.34 Å². The average molecular weight is 500 g/mol. The van der Waals surface area contributed by atoms with Crippen molar-refractivity contribution in [3.05, 3.63) is 50.8 Å². The molecule has 1 saturated heterocycles. The zero-order valence-corrected chi connectivity index (χ0v) is 21.3. The average Bonchev–Trinajstić information content (AvgIpc) is 3.11. The predicted octanol–water partition coefficient (Wildman–Crippen LogP) is 4.47. The SMILES string of the molecule is CC(=O)N(CC1CCN(C)CC1)c1c(C(=O)NCc2ccc3c(N)nccc3c2)sc(Cl)c1C. The number of carbonyl (C=O) groups is 2. The van der Waals surface area contributed by atoms with Gasteiger partial charge in [0.25, 0.3) is 5.91 Å². The van der Waals surface area contributed by atoms with Gasteiger partial charge in [-0.3, -0.25) is 9.59 Å². The number of hydrogen-bond donors (Lipinski definition) is 2. The molecular weight excluding hydrogens is 470 g/mol. The molecular formula is C25H30ClN5O2S. The highest BCUT2D eigenvalue weighted by Crippen LogP contribution is 2.40. The number of thiophene rings is 1. The Hall–Kier alpha value is -2.68. The fourth-order valence-electron chi connectivity index (χ4n) is 4.46. The number of amides is 2. The number of pyridine rings is 1. The number of aromatic nitrogens is 1. The molecule has 7 nitrogen and oxygen atoms in total. The van der Waals surface area contributed by atoms with E-state index in [0.29, 0.717) is 39.7 Å². The molecule has 3 heterocycles. The van der Waals surface area contributed by atoms with Crippen molar-refractivity contribution in [2.24, 2.45) is 5.92 Å². The minimum absolute atomic E-state index is 0.0775. The maximum absolute atomic E-state index is 13.3. The number of piperidine rings is 1. The normalized spacial score (nSPS) is 14.9.